The molecule has 0 aromatic heterocycles. The van der Waals surface area contributed by atoms with Gasteiger partial charge in [0.15, 0.2) is 0 Å². The van der Waals surface area contributed by atoms with Crippen LogP contribution in [0.25, 0.3) is 0 Å². The van der Waals surface area contributed by atoms with E-state index in [9.17, 15) is 87.2 Å². The van der Waals surface area contributed by atoms with E-state index in [-0.39, 0.29) is 38.0 Å². The number of aliphatic hydroxyl groups excluding tert-OH is 2. The summed E-state index contributed by atoms with van der Waals surface area (Å²) >= 11 is 1.34. The fourth-order valence-corrected chi connectivity index (χ4v) is 11.9. The largest absolute Gasteiger partial charge is 0.480 e. The zero-order valence-corrected chi connectivity index (χ0v) is 66.6. The highest BCUT2D eigenvalue weighted by Gasteiger charge is 2.38. The summed E-state index contributed by atoms with van der Waals surface area (Å²) in [4.78, 5) is 206. The molecule has 0 saturated heterocycles. The van der Waals surface area contributed by atoms with E-state index in [0.29, 0.717) is 40.8 Å². The van der Waals surface area contributed by atoms with Crippen LogP contribution in [0, 0.1) is 23.7 Å². The average Bonchev–Trinajstić information content (AvgIpc) is 0.853. The van der Waals surface area contributed by atoms with E-state index in [1.54, 1.807) is 176 Å². The Morgan fingerprint density at radius 1 is 0.345 bits per heavy atom. The second-order valence-electron chi connectivity index (χ2n) is 28.4. The lowest BCUT2D eigenvalue weighted by Crippen LogP contribution is -2.61. The van der Waals surface area contributed by atoms with Crippen molar-refractivity contribution in [1.82, 2.24) is 74.4 Å². The molecular weight excluding hydrogens is 1480 g/mol. The summed E-state index contributed by atoms with van der Waals surface area (Å²) in [6.45, 7) is 12.7. The van der Waals surface area contributed by atoms with Gasteiger partial charge in [0, 0.05) is 25.7 Å². The molecule has 14 amide bonds. The molecule has 0 aliphatic carbocycles. The maximum Gasteiger partial charge on any atom is 0.326 e. The zero-order valence-electron chi connectivity index (χ0n) is 65.8. The number of amides is 14. The van der Waals surface area contributed by atoms with Gasteiger partial charge in [-0.05, 0) is 78.2 Å². The van der Waals surface area contributed by atoms with E-state index in [2.05, 4.69) is 74.4 Å². The van der Waals surface area contributed by atoms with E-state index in [1.165, 1.54) is 25.6 Å². The molecule has 34 heteroatoms. The van der Waals surface area contributed by atoms with Crippen LogP contribution in [0.2, 0.25) is 0 Å². The Morgan fingerprint density at radius 2 is 0.637 bits per heavy atom. The molecule has 113 heavy (non-hydrogen) atoms. The Morgan fingerprint density at radius 3 is 1.01 bits per heavy atom. The van der Waals surface area contributed by atoms with Crippen LogP contribution in [0.1, 0.15) is 111 Å². The topological polar surface area (TPSA) is 511 Å². The molecule has 0 radical (unpaired) electrons. The van der Waals surface area contributed by atoms with Crippen LogP contribution < -0.4 is 80.2 Å². The third-order valence-electron chi connectivity index (χ3n) is 18.7. The molecule has 15 atom stereocenters. The first-order chi connectivity index (χ1) is 53.6. The molecule has 618 valence electrons. The van der Waals surface area contributed by atoms with Gasteiger partial charge >= 0.3 is 5.97 Å². The van der Waals surface area contributed by atoms with Crippen LogP contribution in [0.15, 0.2) is 121 Å². The first-order valence-corrected chi connectivity index (χ1v) is 39.1. The van der Waals surface area contributed by atoms with Gasteiger partial charge in [-0.3, -0.25) is 67.1 Å². The lowest BCUT2D eigenvalue weighted by atomic mass is 9.94. The fourth-order valence-electron chi connectivity index (χ4n) is 11.4. The quantitative estimate of drug-likeness (QED) is 0.0242. The maximum atomic E-state index is 14.6. The number of hydrogen-bond acceptors (Lipinski definition) is 19. The third kappa shape index (κ3) is 32.4. The van der Waals surface area contributed by atoms with Crippen molar-refractivity contribution in [3.8, 4) is 0 Å². The predicted octanol–water partition coefficient (Wildman–Crippen LogP) is -1.40. The van der Waals surface area contributed by atoms with Crippen LogP contribution in [0.3, 0.4) is 0 Å². The number of carbonyl (C=O) groups excluding carboxylic acids is 14. The number of nitrogens with one attached hydrogen (secondary N) is 14. The fraction of sp³-hybridized carbons (Fsp3) is 0.506. The number of rotatable bonds is 48. The number of benzene rings is 4. The van der Waals surface area contributed by atoms with Gasteiger partial charge in [0.05, 0.1) is 32.3 Å². The third-order valence-corrected chi connectivity index (χ3v) is 19.3. The molecule has 0 saturated carbocycles. The second-order valence-corrected chi connectivity index (χ2v) is 29.4. The second kappa shape index (κ2) is 48.8. The molecular formula is C79H113N15O18S. The number of nitrogens with two attached hydrogens (primary N) is 1. The number of aliphatic hydroxyl groups is 2. The summed E-state index contributed by atoms with van der Waals surface area (Å²) in [5, 5.41) is 66.2. The normalized spacial score (nSPS) is 15.1. The van der Waals surface area contributed by atoms with Crippen molar-refractivity contribution in [2.24, 2.45) is 29.4 Å². The summed E-state index contributed by atoms with van der Waals surface area (Å²) < 4.78 is 0. The van der Waals surface area contributed by atoms with Gasteiger partial charge in [-0.2, -0.15) is 11.8 Å². The number of carboxylic acid groups (broad SMARTS) is 1. The van der Waals surface area contributed by atoms with Crippen LogP contribution in [-0.2, 0) is 97.6 Å². The van der Waals surface area contributed by atoms with Crippen molar-refractivity contribution in [3.63, 3.8) is 0 Å². The van der Waals surface area contributed by atoms with Crippen molar-refractivity contribution in [2.45, 2.75) is 193 Å². The Labute approximate surface area is 663 Å². The van der Waals surface area contributed by atoms with E-state index >= 15 is 0 Å². The van der Waals surface area contributed by atoms with Gasteiger partial charge in [-0.1, -0.05) is 190 Å². The van der Waals surface area contributed by atoms with Crippen molar-refractivity contribution >= 4 is 100 Å². The summed E-state index contributed by atoms with van der Waals surface area (Å²) in [5.41, 5.74) is 8.04. The highest BCUT2D eigenvalue weighted by molar-refractivity contribution is 7.98. The molecule has 4 rings (SSSR count). The van der Waals surface area contributed by atoms with Crippen LogP contribution in [0.5, 0.6) is 0 Å². The van der Waals surface area contributed by atoms with E-state index in [0.717, 1.165) is 0 Å². The summed E-state index contributed by atoms with van der Waals surface area (Å²) in [6, 6.07) is 16.4. The molecule has 19 N–H and O–H groups in total. The highest BCUT2D eigenvalue weighted by atomic mass is 32.2. The SMILES string of the molecule is CC[C@H](C)[C@H](NC(=O)[C@H](C)N)C(=O)N[C@H](C(=O)N[C@@H](CO)C(=O)N[C@@H](Cc1ccccc1)C(=O)NCC(=O)N[C@@H](Cc1ccccc1)C(=O)N[C@@H](CCSC)C(=O)N[C@@H](C)C(=O)N[C@@H](Cc1ccccc1)C(=O)N[C@@H](Cc1ccccc1)C(=O)NCC(=O)N[C@@H](CO)C(=O)N[C@H](C(=O)N[C@H](C(=O)O)C(C)C)C(C)C)[C@@H](C)CC. The van der Waals surface area contributed by atoms with Gasteiger partial charge in [0.25, 0.3) is 0 Å². The van der Waals surface area contributed by atoms with Crippen molar-refractivity contribution in [3.05, 3.63) is 144 Å². The molecule has 0 bridgehead atoms. The molecule has 0 aliphatic heterocycles. The Bertz CT molecular complexity index is 3810. The monoisotopic (exact) mass is 1590 g/mol. The molecule has 0 spiro atoms. The summed E-state index contributed by atoms with van der Waals surface area (Å²) in [5.74, 6) is -15.0. The first kappa shape index (κ1) is 94.5. The highest BCUT2D eigenvalue weighted by Crippen LogP contribution is 2.16. The standard InChI is InChI=1S/C79H113N15O18S/c1-12-46(7)65(94-78(110)66(47(8)13-2)93-67(99)48(9)80)77(109)90-60(43-96)74(106)89-56(37-51-28-20-15-21-29-51)70(102)81-40-61(97)84-57(38-52-30-22-16-23-31-52)72(104)86-54(34-35-113-11)71(103)83-49(10)68(100)87-58(39-53-32-24-17-25-33-53)73(105)88-55(36-50-26-18-14-19-27-50)69(101)82-41-62(98)85-59(42-95)75(107)91-63(44(3)4)76(108)92-64(45(5)6)79(111)112/h14-33,44-49,54-60,63-66,95-96H,12-13,34-43,80H2,1-11H3,(H,81,102)(H,82,101)(H,83,103)(H,84,97)(H,85,98)(H,86,104)(H,87,100)(H,88,105)(H,89,106)(H,90,109)(H,91,107)(H,92,108)(H,93,99)(H,94,110)(H,111,112)/t46-,47-,48-,49-,54-,55-,56-,57-,58-,59-,60-,63-,64-,65-,66-/m0/s1. The van der Waals surface area contributed by atoms with Gasteiger partial charge < -0.3 is 95.5 Å². The smallest absolute Gasteiger partial charge is 0.326 e. The number of aliphatic carboxylic acids is 1. The molecule has 0 fully saturated rings. The van der Waals surface area contributed by atoms with E-state index < -0.39 is 211 Å². The van der Waals surface area contributed by atoms with Gasteiger partial charge in [-0.25, -0.2) is 4.79 Å². The number of hydrogen-bond donors (Lipinski definition) is 18. The minimum absolute atomic E-state index is 0.00649. The maximum absolute atomic E-state index is 14.6. The lowest BCUT2D eigenvalue weighted by Gasteiger charge is -2.30. The molecule has 0 aliphatic rings. The van der Waals surface area contributed by atoms with Crippen molar-refractivity contribution < 1.29 is 87.2 Å². The number of carbonyl (C=O) groups is 15. The number of carboxylic acids is 1. The Kier molecular flexibility index (Phi) is 40.9. The zero-order chi connectivity index (χ0) is 84.0. The van der Waals surface area contributed by atoms with Crippen molar-refractivity contribution in [2.75, 3.05) is 38.3 Å². The molecule has 0 unspecified atom stereocenters. The average molecular weight is 1590 g/mol. The molecule has 4 aromatic rings. The lowest BCUT2D eigenvalue weighted by molar-refractivity contribution is -0.144. The van der Waals surface area contributed by atoms with E-state index in [1.807, 2.05) is 6.92 Å². The number of thioether (sulfide) groups is 1. The minimum Gasteiger partial charge on any atom is -0.480 e. The van der Waals surface area contributed by atoms with Gasteiger partial charge in [-0.15, -0.1) is 0 Å². The summed E-state index contributed by atoms with van der Waals surface area (Å²) in [6.07, 6.45) is 2.05. The van der Waals surface area contributed by atoms with Crippen LogP contribution >= 0.6 is 11.8 Å². The van der Waals surface area contributed by atoms with Crippen LogP contribution in [-0.4, -0.2) is 221 Å². The summed E-state index contributed by atoms with van der Waals surface area (Å²) in [7, 11) is 0. The van der Waals surface area contributed by atoms with Crippen molar-refractivity contribution in [1.29, 1.82) is 0 Å². The Hall–Kier alpha value is -10.8. The van der Waals surface area contributed by atoms with Gasteiger partial charge in [0.1, 0.15) is 72.5 Å². The first-order valence-electron chi connectivity index (χ1n) is 37.7. The van der Waals surface area contributed by atoms with E-state index in [4.69, 9.17) is 5.73 Å². The van der Waals surface area contributed by atoms with Crippen LogP contribution in [0.4, 0.5) is 0 Å². The predicted molar refractivity (Wildman–Crippen MR) is 422 cm³/mol. The molecule has 33 nitrogen and oxygen atoms in total. The van der Waals surface area contributed by atoms with Gasteiger partial charge in [0.2, 0.25) is 82.7 Å². The molecule has 4 aromatic carbocycles. The Balaban J connectivity index is 1.51. The minimum atomic E-state index is -1.67. The molecule has 0 heterocycles.